The summed E-state index contributed by atoms with van der Waals surface area (Å²) in [7, 11) is 0. The van der Waals surface area contributed by atoms with Crippen LogP contribution in [0.2, 0.25) is 0 Å². The molecule has 284 valence electrons. The monoisotopic (exact) mass is 794 g/mol. The predicted octanol–water partition coefficient (Wildman–Crippen LogP) is 9.10. The summed E-state index contributed by atoms with van der Waals surface area (Å²) < 4.78 is 56.4. The van der Waals surface area contributed by atoms with E-state index in [-0.39, 0.29) is 57.7 Å². The molecule has 2 spiro atoms. The van der Waals surface area contributed by atoms with Gasteiger partial charge in [0.2, 0.25) is 11.8 Å². The Balaban J connectivity index is 0.000000172. The van der Waals surface area contributed by atoms with Crippen molar-refractivity contribution < 1.29 is 27.2 Å². The number of amides is 2. The first-order chi connectivity index (χ1) is 26.9. The number of nitriles is 2. The number of nitrogens with zero attached hydrogens (tertiary/aromatic N) is 6. The van der Waals surface area contributed by atoms with Gasteiger partial charge in [-0.05, 0) is 84.3 Å². The van der Waals surface area contributed by atoms with E-state index >= 15 is 0 Å². The number of hydrogen-bond donors (Lipinski definition) is 0. The zero-order valence-electron chi connectivity index (χ0n) is 30.3. The number of thioether (sulfide) groups is 2. The summed E-state index contributed by atoms with van der Waals surface area (Å²) in [5.74, 6) is -3.33. The lowest BCUT2D eigenvalue weighted by atomic mass is 9.77. The Morgan fingerprint density at radius 1 is 0.679 bits per heavy atom. The van der Waals surface area contributed by atoms with Crippen molar-refractivity contribution >= 4 is 45.4 Å². The van der Waals surface area contributed by atoms with Gasteiger partial charge in [0.25, 0.3) is 0 Å². The van der Waals surface area contributed by atoms with Gasteiger partial charge in [-0.2, -0.15) is 20.7 Å². The van der Waals surface area contributed by atoms with Crippen molar-refractivity contribution in [3.8, 4) is 12.1 Å². The van der Waals surface area contributed by atoms with Gasteiger partial charge in [0.05, 0.1) is 12.1 Å². The molecule has 0 N–H and O–H groups in total. The van der Waals surface area contributed by atoms with Gasteiger partial charge < -0.3 is 0 Å². The summed E-state index contributed by atoms with van der Waals surface area (Å²) in [4.78, 5) is 23.2. The molecule has 8 nitrogen and oxygen atoms in total. The fraction of sp³-hybridized carbons (Fsp3) is 0.286. The normalized spacial score (nSPS) is 23.3. The highest BCUT2D eigenvalue weighted by Gasteiger charge is 2.57. The first-order valence-electron chi connectivity index (χ1n) is 17.9. The van der Waals surface area contributed by atoms with E-state index < -0.39 is 33.0 Å². The topological polar surface area (TPSA) is 113 Å². The Kier molecular flexibility index (Phi) is 10.8. The largest absolute Gasteiger partial charge is 0.273 e. The van der Waals surface area contributed by atoms with Crippen molar-refractivity contribution in [2.24, 2.45) is 22.0 Å². The Hall–Kier alpha value is -5.44. The van der Waals surface area contributed by atoms with Gasteiger partial charge >= 0.3 is 0 Å². The SMILES string of the molecule is CC(=O)N1N=C(c2cc(F)ccc2F)S[C@]12c1ccccc1CC[C@@H]2CC#N.CC(=O)N1N=C(c2cc(F)ccc2F)S[C@]12c1ccccc1CC[C@H]2CC#N. The smallest absolute Gasteiger partial charge is 0.241 e. The average Bonchev–Trinajstić information content (AvgIpc) is 3.78. The molecule has 0 unspecified atom stereocenters. The lowest BCUT2D eigenvalue weighted by Gasteiger charge is -2.45. The van der Waals surface area contributed by atoms with Crippen LogP contribution in [0.1, 0.15) is 72.9 Å². The minimum atomic E-state index is -0.940. The lowest BCUT2D eigenvalue weighted by Crippen LogP contribution is -2.48. The van der Waals surface area contributed by atoms with E-state index in [9.17, 15) is 37.7 Å². The summed E-state index contributed by atoms with van der Waals surface area (Å²) in [5.41, 5.74) is 3.99. The lowest BCUT2D eigenvalue weighted by molar-refractivity contribution is -0.134. The van der Waals surface area contributed by atoms with Crippen LogP contribution < -0.4 is 0 Å². The molecular formula is C42H34F4N6O2S2. The van der Waals surface area contributed by atoms with Crippen LogP contribution in [-0.2, 0) is 32.2 Å². The van der Waals surface area contributed by atoms with E-state index in [1.807, 2.05) is 48.5 Å². The highest BCUT2D eigenvalue weighted by molar-refractivity contribution is 8.15. The van der Waals surface area contributed by atoms with Crippen molar-refractivity contribution in [3.63, 3.8) is 0 Å². The second kappa shape index (κ2) is 15.6. The van der Waals surface area contributed by atoms with Gasteiger partial charge in [0.1, 0.15) is 43.1 Å². The maximum atomic E-state index is 14.4. The van der Waals surface area contributed by atoms with Gasteiger partial charge in [0, 0.05) is 49.7 Å². The summed E-state index contributed by atoms with van der Waals surface area (Å²) in [6, 6.07) is 26.3. The highest BCUT2D eigenvalue weighted by Crippen LogP contribution is 2.59. The number of carbonyl (C=O) groups excluding carboxylic acids is 2. The molecule has 4 aliphatic rings. The number of rotatable bonds is 4. The third kappa shape index (κ3) is 6.65. The fourth-order valence-corrected chi connectivity index (χ4v) is 11.4. The molecule has 0 aromatic heterocycles. The number of fused-ring (bicyclic) bond motifs is 4. The molecule has 0 fully saturated rings. The Morgan fingerprint density at radius 2 is 1.07 bits per heavy atom. The number of hydrogen-bond acceptors (Lipinski definition) is 8. The third-order valence-corrected chi connectivity index (χ3v) is 13.6. The van der Waals surface area contributed by atoms with Crippen LogP contribution in [0.5, 0.6) is 0 Å². The molecule has 4 atom stereocenters. The Morgan fingerprint density at radius 3 is 1.45 bits per heavy atom. The molecule has 4 aromatic rings. The molecule has 56 heavy (non-hydrogen) atoms. The molecule has 4 aromatic carbocycles. The first-order valence-corrected chi connectivity index (χ1v) is 19.6. The second-order valence-corrected chi connectivity index (χ2v) is 16.3. The van der Waals surface area contributed by atoms with Crippen LogP contribution in [0, 0.1) is 57.8 Å². The van der Waals surface area contributed by atoms with Crippen LogP contribution >= 0.6 is 23.5 Å². The molecule has 2 aliphatic heterocycles. The molecule has 2 amide bonds. The minimum absolute atomic E-state index is 0.0203. The summed E-state index contributed by atoms with van der Waals surface area (Å²) in [6.07, 6.45) is 3.46. The maximum absolute atomic E-state index is 14.4. The molecule has 0 saturated carbocycles. The van der Waals surface area contributed by atoms with Crippen LogP contribution in [0.25, 0.3) is 0 Å². The van der Waals surface area contributed by atoms with E-state index in [2.05, 4.69) is 22.3 Å². The van der Waals surface area contributed by atoms with E-state index in [0.29, 0.717) is 12.8 Å². The molecule has 14 heteroatoms. The maximum Gasteiger partial charge on any atom is 0.241 e. The van der Waals surface area contributed by atoms with Crippen molar-refractivity contribution in [1.29, 1.82) is 10.5 Å². The number of aryl methyl sites for hydroxylation is 2. The Bertz CT molecular complexity index is 2230. The van der Waals surface area contributed by atoms with Gasteiger partial charge in [0.15, 0.2) is 0 Å². The molecule has 0 saturated heterocycles. The minimum Gasteiger partial charge on any atom is -0.273 e. The fourth-order valence-electron chi connectivity index (χ4n) is 8.12. The number of carbonyl (C=O) groups is 2. The van der Waals surface area contributed by atoms with Gasteiger partial charge in [-0.15, -0.1) is 0 Å². The quantitative estimate of drug-likeness (QED) is 0.191. The predicted molar refractivity (Wildman–Crippen MR) is 206 cm³/mol. The number of benzene rings is 4. The van der Waals surface area contributed by atoms with Crippen molar-refractivity contribution in [3.05, 3.63) is 142 Å². The van der Waals surface area contributed by atoms with Crippen LogP contribution in [0.4, 0.5) is 17.6 Å². The summed E-state index contributed by atoms with van der Waals surface area (Å²) in [5, 5.41) is 30.8. The Labute approximate surface area is 329 Å². The van der Waals surface area contributed by atoms with E-state index in [1.54, 1.807) is 0 Å². The second-order valence-electron chi connectivity index (χ2n) is 13.8. The molecule has 0 radical (unpaired) electrons. The van der Waals surface area contributed by atoms with Gasteiger partial charge in [-0.3, -0.25) is 9.59 Å². The molecule has 2 aliphatic carbocycles. The van der Waals surface area contributed by atoms with Crippen molar-refractivity contribution in [2.75, 3.05) is 0 Å². The molecule has 2 heterocycles. The van der Waals surface area contributed by atoms with Crippen molar-refractivity contribution in [2.45, 2.75) is 62.1 Å². The first kappa shape index (κ1) is 38.8. The molecule has 0 bridgehead atoms. The number of hydrazone groups is 2. The zero-order chi connectivity index (χ0) is 39.8. The van der Waals surface area contributed by atoms with E-state index in [1.165, 1.54) is 47.4 Å². The summed E-state index contributed by atoms with van der Waals surface area (Å²) >= 11 is 2.47. The van der Waals surface area contributed by atoms with Gasteiger partial charge in [-0.1, -0.05) is 72.1 Å². The van der Waals surface area contributed by atoms with E-state index in [4.69, 9.17) is 0 Å². The summed E-state index contributed by atoms with van der Waals surface area (Å²) in [6.45, 7) is 2.80. The third-order valence-electron chi connectivity index (χ3n) is 10.5. The van der Waals surface area contributed by atoms with Crippen LogP contribution in [-0.4, -0.2) is 31.9 Å². The average molecular weight is 795 g/mol. The van der Waals surface area contributed by atoms with Gasteiger partial charge in [-0.25, -0.2) is 27.6 Å². The van der Waals surface area contributed by atoms with Crippen LogP contribution in [0.3, 0.4) is 0 Å². The van der Waals surface area contributed by atoms with E-state index in [0.717, 1.165) is 71.5 Å². The zero-order valence-corrected chi connectivity index (χ0v) is 31.9. The number of halogens is 4. The van der Waals surface area contributed by atoms with Crippen LogP contribution in [0.15, 0.2) is 95.1 Å². The highest BCUT2D eigenvalue weighted by atomic mass is 32.2. The van der Waals surface area contributed by atoms with Crippen molar-refractivity contribution in [1.82, 2.24) is 10.0 Å². The molecular weight excluding hydrogens is 761 g/mol. The molecule has 8 rings (SSSR count). The standard InChI is InChI=1S/2C21H17F2N3OS/c2*1-13(27)26-21(28-20(25-26)17-12-16(22)8-9-19(17)23)15(10-11-24)7-6-14-4-2-3-5-18(14)21/h2*2-5,8-9,12,15H,6-7,10H2,1H3/t15-,21+;15-,21-/m01/s1.